The SMILES string of the molecule is O=C(/C=C/c1cccc(Cl)c1)N1CCC(CCF)(C(=O)O)CC1. The molecule has 23 heavy (non-hydrogen) atoms. The topological polar surface area (TPSA) is 57.6 Å². The van der Waals surface area contributed by atoms with E-state index < -0.39 is 18.1 Å². The van der Waals surface area contributed by atoms with E-state index in [0.29, 0.717) is 18.1 Å². The minimum Gasteiger partial charge on any atom is -0.481 e. The summed E-state index contributed by atoms with van der Waals surface area (Å²) >= 11 is 5.88. The molecule has 2 rings (SSSR count). The third kappa shape index (κ3) is 4.32. The van der Waals surface area contributed by atoms with E-state index in [0.717, 1.165) is 5.56 Å². The summed E-state index contributed by atoms with van der Waals surface area (Å²) in [4.78, 5) is 25.2. The molecule has 4 nitrogen and oxygen atoms in total. The molecule has 124 valence electrons. The van der Waals surface area contributed by atoms with Crippen molar-refractivity contribution >= 4 is 29.6 Å². The van der Waals surface area contributed by atoms with E-state index in [9.17, 15) is 19.1 Å². The van der Waals surface area contributed by atoms with Crippen molar-refractivity contribution in [2.75, 3.05) is 19.8 Å². The van der Waals surface area contributed by atoms with Gasteiger partial charge in [0.05, 0.1) is 12.1 Å². The Bertz CT molecular complexity index is 610. The molecule has 1 saturated heterocycles. The van der Waals surface area contributed by atoms with E-state index in [4.69, 9.17) is 11.6 Å². The van der Waals surface area contributed by atoms with Gasteiger partial charge in [-0.3, -0.25) is 14.0 Å². The zero-order chi connectivity index (χ0) is 16.9. The molecule has 1 aliphatic heterocycles. The number of likely N-dealkylation sites (tertiary alicyclic amines) is 1. The molecule has 1 aromatic rings. The number of halogens is 2. The second-order valence-corrected chi connectivity index (χ2v) is 6.17. The third-order valence-electron chi connectivity index (χ3n) is 4.33. The molecule has 1 aliphatic rings. The van der Waals surface area contributed by atoms with Crippen LogP contribution in [0.1, 0.15) is 24.8 Å². The predicted octanol–water partition coefficient (Wildman–Crippen LogP) is 3.41. The highest BCUT2D eigenvalue weighted by Gasteiger charge is 2.41. The second kappa shape index (κ2) is 7.59. The molecule has 1 N–H and O–H groups in total. The van der Waals surface area contributed by atoms with Crippen LogP contribution < -0.4 is 0 Å². The highest BCUT2D eigenvalue weighted by Crippen LogP contribution is 2.35. The Balaban J connectivity index is 1.97. The van der Waals surface area contributed by atoms with E-state index in [1.54, 1.807) is 29.2 Å². The molecule has 6 heteroatoms. The number of piperidine rings is 1. The Morgan fingerprint density at radius 2 is 2.04 bits per heavy atom. The highest BCUT2D eigenvalue weighted by atomic mass is 35.5. The molecule has 0 unspecified atom stereocenters. The van der Waals surface area contributed by atoms with Gasteiger partial charge in [-0.2, -0.15) is 0 Å². The first-order valence-corrected chi connectivity index (χ1v) is 7.86. The van der Waals surface area contributed by atoms with Crippen molar-refractivity contribution < 1.29 is 19.1 Å². The van der Waals surface area contributed by atoms with Gasteiger partial charge in [0.1, 0.15) is 0 Å². The standard InChI is InChI=1S/C17H19ClFNO3/c18-14-3-1-2-13(12-14)4-5-15(21)20-10-7-17(6-9-19,8-11-20)16(22)23/h1-5,12H,6-11H2,(H,22,23)/b5-4+. The summed E-state index contributed by atoms with van der Waals surface area (Å²) in [5, 5.41) is 9.92. The molecule has 0 radical (unpaired) electrons. The van der Waals surface area contributed by atoms with Crippen molar-refractivity contribution in [1.29, 1.82) is 0 Å². The largest absolute Gasteiger partial charge is 0.481 e. The van der Waals surface area contributed by atoms with Gasteiger partial charge in [-0.1, -0.05) is 23.7 Å². The monoisotopic (exact) mass is 339 g/mol. The number of nitrogens with zero attached hydrogens (tertiary/aromatic N) is 1. The summed E-state index contributed by atoms with van der Waals surface area (Å²) in [5.74, 6) is -1.15. The molecule has 0 spiro atoms. The molecule has 0 aliphatic carbocycles. The van der Waals surface area contributed by atoms with Crippen molar-refractivity contribution in [3.63, 3.8) is 0 Å². The first-order chi connectivity index (χ1) is 11.0. The Kier molecular flexibility index (Phi) is 5.77. The number of carboxylic acids is 1. The Morgan fingerprint density at radius 1 is 1.35 bits per heavy atom. The van der Waals surface area contributed by atoms with Crippen LogP contribution in [-0.2, 0) is 9.59 Å². The highest BCUT2D eigenvalue weighted by molar-refractivity contribution is 6.30. The maximum Gasteiger partial charge on any atom is 0.309 e. The van der Waals surface area contributed by atoms with E-state index in [1.807, 2.05) is 6.07 Å². The summed E-state index contributed by atoms with van der Waals surface area (Å²) in [5.41, 5.74) is -0.220. The first kappa shape index (κ1) is 17.5. The number of hydrogen-bond donors (Lipinski definition) is 1. The molecule has 1 amide bonds. The van der Waals surface area contributed by atoms with Crippen LogP contribution in [0.25, 0.3) is 6.08 Å². The van der Waals surface area contributed by atoms with Crippen LogP contribution in [0.15, 0.2) is 30.3 Å². The number of aliphatic carboxylic acids is 1. The lowest BCUT2D eigenvalue weighted by Crippen LogP contribution is -2.46. The van der Waals surface area contributed by atoms with Gasteiger partial charge < -0.3 is 10.0 Å². The Hall–Kier alpha value is -1.88. The van der Waals surface area contributed by atoms with Crippen LogP contribution in [0.4, 0.5) is 4.39 Å². The summed E-state index contributed by atoms with van der Waals surface area (Å²) in [6.45, 7) is -0.00897. The quantitative estimate of drug-likeness (QED) is 0.836. The number of carbonyl (C=O) groups excluding carboxylic acids is 1. The molecule has 0 aromatic heterocycles. The number of rotatable bonds is 5. The molecular weight excluding hydrogens is 321 g/mol. The maximum atomic E-state index is 12.6. The molecule has 1 fully saturated rings. The van der Waals surface area contributed by atoms with Crippen LogP contribution in [0.5, 0.6) is 0 Å². The van der Waals surface area contributed by atoms with Crippen molar-refractivity contribution in [2.24, 2.45) is 5.41 Å². The predicted molar refractivity (Wildman–Crippen MR) is 87.0 cm³/mol. The Labute approximate surface area is 139 Å². The van der Waals surface area contributed by atoms with Crippen molar-refractivity contribution in [3.05, 3.63) is 40.9 Å². The molecule has 1 aromatic carbocycles. The number of carbonyl (C=O) groups is 2. The lowest BCUT2D eigenvalue weighted by Gasteiger charge is -2.38. The molecule has 0 bridgehead atoms. The summed E-state index contributed by atoms with van der Waals surface area (Å²) < 4.78 is 12.6. The molecular formula is C17H19ClFNO3. The van der Waals surface area contributed by atoms with E-state index >= 15 is 0 Å². The van der Waals surface area contributed by atoms with Crippen LogP contribution in [0, 0.1) is 5.41 Å². The van der Waals surface area contributed by atoms with Crippen molar-refractivity contribution in [1.82, 2.24) is 4.90 Å². The van der Waals surface area contributed by atoms with Gasteiger partial charge in [0.15, 0.2) is 0 Å². The summed E-state index contributed by atoms with van der Waals surface area (Å²) in [6.07, 6.45) is 3.69. The average Bonchev–Trinajstić information content (AvgIpc) is 2.53. The van der Waals surface area contributed by atoms with Gasteiger partial charge in [-0.15, -0.1) is 0 Å². The normalized spacial score (nSPS) is 17.4. The first-order valence-electron chi connectivity index (χ1n) is 7.49. The molecule has 1 heterocycles. The smallest absolute Gasteiger partial charge is 0.309 e. The van der Waals surface area contributed by atoms with Crippen LogP contribution >= 0.6 is 11.6 Å². The average molecular weight is 340 g/mol. The van der Waals surface area contributed by atoms with Gasteiger partial charge in [0.2, 0.25) is 5.91 Å². The van der Waals surface area contributed by atoms with E-state index in [2.05, 4.69) is 0 Å². The lowest BCUT2D eigenvalue weighted by molar-refractivity contribution is -0.154. The fraction of sp³-hybridized carbons (Fsp3) is 0.412. The third-order valence-corrected chi connectivity index (χ3v) is 4.56. The van der Waals surface area contributed by atoms with Gasteiger partial charge in [-0.25, -0.2) is 0 Å². The number of hydrogen-bond acceptors (Lipinski definition) is 2. The number of benzene rings is 1. The number of alkyl halides is 1. The van der Waals surface area contributed by atoms with E-state index in [-0.39, 0.29) is 25.2 Å². The molecule has 0 saturated carbocycles. The summed E-state index contributed by atoms with van der Waals surface area (Å²) in [6, 6.07) is 7.13. The van der Waals surface area contributed by atoms with Gasteiger partial charge in [0, 0.05) is 24.2 Å². The van der Waals surface area contributed by atoms with Crippen molar-refractivity contribution in [3.8, 4) is 0 Å². The van der Waals surface area contributed by atoms with Crippen LogP contribution in [0.3, 0.4) is 0 Å². The van der Waals surface area contributed by atoms with Gasteiger partial charge >= 0.3 is 5.97 Å². The van der Waals surface area contributed by atoms with Crippen LogP contribution in [0.2, 0.25) is 5.02 Å². The van der Waals surface area contributed by atoms with Gasteiger partial charge in [0.25, 0.3) is 0 Å². The Morgan fingerprint density at radius 3 is 2.61 bits per heavy atom. The minimum absolute atomic E-state index is 0.00270. The maximum absolute atomic E-state index is 12.6. The van der Waals surface area contributed by atoms with Crippen molar-refractivity contribution in [2.45, 2.75) is 19.3 Å². The second-order valence-electron chi connectivity index (χ2n) is 5.74. The van der Waals surface area contributed by atoms with Crippen LogP contribution in [-0.4, -0.2) is 41.6 Å². The minimum atomic E-state index is -1.04. The number of amides is 1. The zero-order valence-corrected chi connectivity index (χ0v) is 13.4. The fourth-order valence-electron chi connectivity index (χ4n) is 2.79. The van der Waals surface area contributed by atoms with E-state index in [1.165, 1.54) is 6.08 Å². The lowest BCUT2D eigenvalue weighted by atomic mass is 9.76. The zero-order valence-electron chi connectivity index (χ0n) is 12.7. The molecule has 0 atom stereocenters. The number of carboxylic acid groups (broad SMARTS) is 1. The summed E-state index contributed by atoms with van der Waals surface area (Å²) in [7, 11) is 0. The van der Waals surface area contributed by atoms with Gasteiger partial charge in [-0.05, 0) is 43.0 Å². The fourth-order valence-corrected chi connectivity index (χ4v) is 2.99.